The molecule has 0 bridgehead atoms. The molecule has 1 unspecified atom stereocenters. The van der Waals surface area contributed by atoms with Crippen molar-refractivity contribution < 1.29 is 5.11 Å². The molecule has 3 rings (SSSR count). The predicted molar refractivity (Wildman–Crippen MR) is 105 cm³/mol. The highest BCUT2D eigenvalue weighted by atomic mass is 16.3. The summed E-state index contributed by atoms with van der Waals surface area (Å²) in [6.07, 6.45) is 7.04. The summed E-state index contributed by atoms with van der Waals surface area (Å²) in [6, 6.07) is 10.3. The number of aryl methyl sites for hydroxylation is 2. The molecular weight excluding hydrogens is 326 g/mol. The lowest BCUT2D eigenvalue weighted by Gasteiger charge is -2.18. The van der Waals surface area contributed by atoms with Gasteiger partial charge in [-0.1, -0.05) is 37.6 Å². The fourth-order valence-electron chi connectivity index (χ4n) is 3.01. The maximum absolute atomic E-state index is 9.54. The van der Waals surface area contributed by atoms with Crippen molar-refractivity contribution in [2.45, 2.75) is 38.6 Å². The molecule has 0 aliphatic carbocycles. The fourth-order valence-corrected chi connectivity index (χ4v) is 3.01. The van der Waals surface area contributed by atoms with E-state index >= 15 is 0 Å². The molecule has 6 heteroatoms. The van der Waals surface area contributed by atoms with Crippen molar-refractivity contribution in [3.8, 4) is 0 Å². The van der Waals surface area contributed by atoms with Gasteiger partial charge in [-0.25, -0.2) is 4.98 Å². The van der Waals surface area contributed by atoms with Gasteiger partial charge in [0.25, 0.3) is 0 Å². The predicted octanol–water partition coefficient (Wildman–Crippen LogP) is 2.97. The lowest BCUT2D eigenvalue weighted by Crippen LogP contribution is -2.25. The zero-order valence-electron chi connectivity index (χ0n) is 15.0. The first-order valence-corrected chi connectivity index (χ1v) is 9.02. The minimum absolute atomic E-state index is 0.0353. The highest BCUT2D eigenvalue weighted by Crippen LogP contribution is 2.19. The zero-order valence-corrected chi connectivity index (χ0v) is 15.0. The van der Waals surface area contributed by atoms with E-state index in [2.05, 4.69) is 45.4 Å². The number of nitrogens with zero attached hydrogens (tertiary/aromatic N) is 3. The molecule has 0 aliphatic heterocycles. The molecule has 0 saturated heterocycles. The summed E-state index contributed by atoms with van der Waals surface area (Å²) in [5.74, 6) is 0.930. The highest BCUT2D eigenvalue weighted by Gasteiger charge is 2.12. The largest absolute Gasteiger partial charge is 0.394 e. The van der Waals surface area contributed by atoms with Gasteiger partial charge in [-0.3, -0.25) is 4.98 Å². The van der Waals surface area contributed by atoms with Crippen molar-refractivity contribution in [1.82, 2.24) is 15.0 Å². The monoisotopic (exact) mass is 351 g/mol. The number of anilines is 2. The van der Waals surface area contributed by atoms with E-state index in [1.807, 2.05) is 18.3 Å². The highest BCUT2D eigenvalue weighted by molar-refractivity contribution is 5.81. The van der Waals surface area contributed by atoms with Crippen LogP contribution in [0.2, 0.25) is 0 Å². The Kier molecular flexibility index (Phi) is 5.96. The van der Waals surface area contributed by atoms with Crippen LogP contribution in [0, 0.1) is 0 Å². The van der Waals surface area contributed by atoms with E-state index in [1.165, 1.54) is 5.39 Å². The van der Waals surface area contributed by atoms with Crippen molar-refractivity contribution in [3.63, 3.8) is 0 Å². The number of nitrogens with one attached hydrogen (secondary N) is 1. The Morgan fingerprint density at radius 1 is 1.12 bits per heavy atom. The van der Waals surface area contributed by atoms with Crippen LogP contribution in [0.25, 0.3) is 10.8 Å². The average molecular weight is 351 g/mol. The second-order valence-corrected chi connectivity index (χ2v) is 6.44. The van der Waals surface area contributed by atoms with E-state index in [0.29, 0.717) is 5.82 Å². The number of hydrogen-bond acceptors (Lipinski definition) is 6. The molecule has 136 valence electrons. The number of pyridine rings is 1. The quantitative estimate of drug-likeness (QED) is 0.577. The van der Waals surface area contributed by atoms with Crippen LogP contribution in [0.5, 0.6) is 0 Å². The third kappa shape index (κ3) is 4.46. The number of nitrogens with two attached hydrogens (primary N) is 1. The zero-order chi connectivity index (χ0) is 18.4. The van der Waals surface area contributed by atoms with Crippen LogP contribution in [0.15, 0.2) is 42.7 Å². The van der Waals surface area contributed by atoms with Gasteiger partial charge in [0, 0.05) is 29.0 Å². The Balaban J connectivity index is 1.75. The molecule has 0 radical (unpaired) electrons. The number of benzene rings is 1. The number of rotatable bonds is 8. The summed E-state index contributed by atoms with van der Waals surface area (Å²) in [6.45, 7) is 2.15. The first-order valence-electron chi connectivity index (χ1n) is 9.02. The van der Waals surface area contributed by atoms with Gasteiger partial charge in [0.1, 0.15) is 5.82 Å². The van der Waals surface area contributed by atoms with Crippen LogP contribution in [0.4, 0.5) is 11.8 Å². The summed E-state index contributed by atoms with van der Waals surface area (Å²) < 4.78 is 0. The van der Waals surface area contributed by atoms with E-state index in [9.17, 15) is 5.11 Å². The number of aliphatic hydroxyl groups excluding tert-OH is 1. The lowest BCUT2D eigenvalue weighted by atomic mass is 10.1. The summed E-state index contributed by atoms with van der Waals surface area (Å²) in [5, 5.41) is 15.2. The first kappa shape index (κ1) is 18.1. The second kappa shape index (κ2) is 8.58. The minimum Gasteiger partial charge on any atom is -0.394 e. The molecule has 4 N–H and O–H groups in total. The third-order valence-electron chi connectivity index (χ3n) is 4.42. The van der Waals surface area contributed by atoms with Crippen molar-refractivity contribution in [3.05, 3.63) is 54.0 Å². The Hall–Kier alpha value is -2.73. The SMILES string of the molecule is CCCC(CO)Nc1nc(N)ncc1CCc1cc2ccccc2cn1. The van der Waals surface area contributed by atoms with Crippen molar-refractivity contribution in [2.24, 2.45) is 0 Å². The normalized spacial score (nSPS) is 12.2. The molecule has 2 aromatic heterocycles. The van der Waals surface area contributed by atoms with E-state index in [1.54, 1.807) is 6.20 Å². The molecule has 0 spiro atoms. The molecule has 3 aromatic rings. The van der Waals surface area contributed by atoms with E-state index < -0.39 is 0 Å². The van der Waals surface area contributed by atoms with Gasteiger partial charge in [0.05, 0.1) is 12.6 Å². The number of aromatic nitrogens is 3. The topological polar surface area (TPSA) is 97.0 Å². The van der Waals surface area contributed by atoms with Gasteiger partial charge in [-0.2, -0.15) is 4.98 Å². The number of nitrogen functional groups attached to an aromatic ring is 1. The molecular formula is C20H25N5O. The average Bonchev–Trinajstić information content (AvgIpc) is 2.67. The van der Waals surface area contributed by atoms with Gasteiger partial charge in [0.15, 0.2) is 0 Å². The van der Waals surface area contributed by atoms with Crippen LogP contribution in [-0.4, -0.2) is 32.7 Å². The van der Waals surface area contributed by atoms with Crippen LogP contribution in [0.1, 0.15) is 31.0 Å². The molecule has 0 fully saturated rings. The minimum atomic E-state index is -0.0353. The molecule has 2 heterocycles. The van der Waals surface area contributed by atoms with Crippen molar-refractivity contribution in [1.29, 1.82) is 0 Å². The van der Waals surface area contributed by atoms with E-state index in [4.69, 9.17) is 5.73 Å². The van der Waals surface area contributed by atoms with Crippen LogP contribution in [-0.2, 0) is 12.8 Å². The fraction of sp³-hybridized carbons (Fsp3) is 0.350. The smallest absolute Gasteiger partial charge is 0.221 e. The molecule has 6 nitrogen and oxygen atoms in total. The molecule has 1 atom stereocenters. The Labute approximate surface area is 153 Å². The van der Waals surface area contributed by atoms with Gasteiger partial charge < -0.3 is 16.2 Å². The van der Waals surface area contributed by atoms with Gasteiger partial charge in [-0.15, -0.1) is 0 Å². The standard InChI is InChI=1S/C20H25N5O/c1-2-5-18(13-26)24-19-16(12-23-20(21)25-19)8-9-17-10-14-6-3-4-7-15(14)11-22-17/h3-4,6-7,10-12,18,26H,2,5,8-9,13H2,1H3,(H3,21,23,24,25). The summed E-state index contributed by atoms with van der Waals surface area (Å²) in [5.41, 5.74) is 7.75. The van der Waals surface area contributed by atoms with Gasteiger partial charge in [0.2, 0.25) is 5.95 Å². The van der Waals surface area contributed by atoms with Crippen LogP contribution < -0.4 is 11.1 Å². The van der Waals surface area contributed by atoms with E-state index in [-0.39, 0.29) is 18.6 Å². The third-order valence-corrected chi connectivity index (χ3v) is 4.42. The summed E-state index contributed by atoms with van der Waals surface area (Å²) in [7, 11) is 0. The summed E-state index contributed by atoms with van der Waals surface area (Å²) >= 11 is 0. The van der Waals surface area contributed by atoms with Crippen LogP contribution in [0.3, 0.4) is 0 Å². The van der Waals surface area contributed by atoms with Crippen molar-refractivity contribution in [2.75, 3.05) is 17.7 Å². The Morgan fingerprint density at radius 3 is 2.69 bits per heavy atom. The molecule has 0 amide bonds. The van der Waals surface area contributed by atoms with Gasteiger partial charge in [-0.05, 0) is 30.7 Å². The maximum atomic E-state index is 9.54. The molecule has 0 aliphatic rings. The van der Waals surface area contributed by atoms with E-state index in [0.717, 1.165) is 42.3 Å². The van der Waals surface area contributed by atoms with Crippen LogP contribution >= 0.6 is 0 Å². The number of fused-ring (bicyclic) bond motifs is 1. The maximum Gasteiger partial charge on any atom is 0.221 e. The lowest BCUT2D eigenvalue weighted by molar-refractivity contribution is 0.268. The second-order valence-electron chi connectivity index (χ2n) is 6.44. The Bertz CT molecular complexity index is 868. The van der Waals surface area contributed by atoms with Gasteiger partial charge >= 0.3 is 0 Å². The Morgan fingerprint density at radius 2 is 1.92 bits per heavy atom. The number of aliphatic hydroxyl groups is 1. The molecule has 1 aromatic carbocycles. The molecule has 26 heavy (non-hydrogen) atoms. The first-order chi connectivity index (χ1) is 12.7. The summed E-state index contributed by atoms with van der Waals surface area (Å²) in [4.78, 5) is 13.0. The molecule has 0 saturated carbocycles. The number of hydrogen-bond donors (Lipinski definition) is 3. The van der Waals surface area contributed by atoms with Crippen molar-refractivity contribution >= 4 is 22.5 Å².